The van der Waals surface area contributed by atoms with Crippen molar-refractivity contribution >= 4 is 43.5 Å². The molecular formula is C50H33N3O. The molecular weight excluding hydrogens is 659 g/mol. The van der Waals surface area contributed by atoms with Crippen LogP contribution in [0.15, 0.2) is 168 Å². The standard InChI is InChI=1S/C50H33N3O/c1-50(2)43-13-7-5-11-39(43)40-23-21-36(28-44(40)50)48-51-47(52-49(53-48)37-22-24-42-41-12-6-8-14-45(41)54-46(42)29-37)35-20-17-31-16-19-34(26-38(31)27-35)33-18-15-30-9-3-4-10-32(30)25-33/h3-29H,1-2H3. The molecule has 2 heterocycles. The van der Waals surface area contributed by atoms with E-state index in [0.717, 1.165) is 49.4 Å². The third-order valence-corrected chi connectivity index (χ3v) is 11.3. The average Bonchev–Trinajstić information content (AvgIpc) is 3.71. The maximum atomic E-state index is 6.30. The Bertz CT molecular complexity index is 3150. The molecule has 4 heteroatoms. The van der Waals surface area contributed by atoms with Gasteiger partial charge in [0.2, 0.25) is 0 Å². The fourth-order valence-corrected chi connectivity index (χ4v) is 8.41. The Balaban J connectivity index is 1.07. The third kappa shape index (κ3) is 4.80. The number of para-hydroxylation sites is 1. The number of aromatic nitrogens is 3. The van der Waals surface area contributed by atoms with Gasteiger partial charge < -0.3 is 4.42 Å². The number of benzene rings is 8. The highest BCUT2D eigenvalue weighted by Gasteiger charge is 2.35. The molecule has 2 aromatic heterocycles. The molecule has 0 atom stereocenters. The number of nitrogens with zero attached hydrogens (tertiary/aromatic N) is 3. The molecule has 54 heavy (non-hydrogen) atoms. The second-order valence-corrected chi connectivity index (χ2v) is 14.9. The molecule has 0 spiro atoms. The summed E-state index contributed by atoms with van der Waals surface area (Å²) in [5, 5.41) is 6.92. The van der Waals surface area contributed by atoms with Gasteiger partial charge in [-0.2, -0.15) is 0 Å². The van der Waals surface area contributed by atoms with Crippen molar-refractivity contribution < 1.29 is 4.42 Å². The lowest BCUT2D eigenvalue weighted by molar-refractivity contribution is 0.660. The highest BCUT2D eigenvalue weighted by molar-refractivity contribution is 6.05. The average molecular weight is 692 g/mol. The molecule has 10 aromatic rings. The van der Waals surface area contributed by atoms with Crippen LogP contribution in [0.25, 0.3) is 99.9 Å². The van der Waals surface area contributed by atoms with Crippen LogP contribution in [0.5, 0.6) is 0 Å². The van der Waals surface area contributed by atoms with Crippen LogP contribution in [0.1, 0.15) is 25.0 Å². The van der Waals surface area contributed by atoms with Crippen molar-refractivity contribution in [3.8, 4) is 56.4 Å². The van der Waals surface area contributed by atoms with E-state index in [2.05, 4.69) is 159 Å². The van der Waals surface area contributed by atoms with Crippen molar-refractivity contribution in [2.45, 2.75) is 19.3 Å². The highest BCUT2D eigenvalue weighted by atomic mass is 16.3. The molecule has 4 nitrogen and oxygen atoms in total. The molecule has 0 radical (unpaired) electrons. The van der Waals surface area contributed by atoms with Crippen molar-refractivity contribution in [3.05, 3.63) is 175 Å². The van der Waals surface area contributed by atoms with Gasteiger partial charge in [-0.05, 0) is 97.4 Å². The number of furan rings is 1. The first-order valence-electron chi connectivity index (χ1n) is 18.4. The summed E-state index contributed by atoms with van der Waals surface area (Å²) in [6.45, 7) is 4.60. The maximum Gasteiger partial charge on any atom is 0.164 e. The van der Waals surface area contributed by atoms with Crippen LogP contribution in [-0.4, -0.2) is 15.0 Å². The molecule has 0 bridgehead atoms. The van der Waals surface area contributed by atoms with Crippen molar-refractivity contribution in [2.75, 3.05) is 0 Å². The van der Waals surface area contributed by atoms with Crippen LogP contribution in [0.2, 0.25) is 0 Å². The van der Waals surface area contributed by atoms with Gasteiger partial charge in [0.05, 0.1) is 0 Å². The lowest BCUT2D eigenvalue weighted by Crippen LogP contribution is -2.15. The summed E-state index contributed by atoms with van der Waals surface area (Å²) >= 11 is 0. The zero-order chi connectivity index (χ0) is 36.0. The number of hydrogen-bond acceptors (Lipinski definition) is 4. The van der Waals surface area contributed by atoms with Crippen LogP contribution in [0, 0.1) is 0 Å². The van der Waals surface area contributed by atoms with Gasteiger partial charge >= 0.3 is 0 Å². The molecule has 0 unspecified atom stereocenters. The van der Waals surface area contributed by atoms with Crippen molar-refractivity contribution in [2.24, 2.45) is 0 Å². The van der Waals surface area contributed by atoms with Crippen molar-refractivity contribution in [3.63, 3.8) is 0 Å². The zero-order valence-corrected chi connectivity index (χ0v) is 29.8. The minimum absolute atomic E-state index is 0.145. The van der Waals surface area contributed by atoms with Crippen molar-refractivity contribution in [1.82, 2.24) is 15.0 Å². The summed E-state index contributed by atoms with van der Waals surface area (Å²) < 4.78 is 6.30. The van der Waals surface area contributed by atoms with E-state index in [1.165, 1.54) is 44.2 Å². The largest absolute Gasteiger partial charge is 0.456 e. The number of hydrogen-bond donors (Lipinski definition) is 0. The van der Waals surface area contributed by atoms with E-state index in [1.54, 1.807) is 0 Å². The van der Waals surface area contributed by atoms with E-state index in [9.17, 15) is 0 Å². The molecule has 0 aliphatic heterocycles. The summed E-state index contributed by atoms with van der Waals surface area (Å²) in [7, 11) is 0. The van der Waals surface area contributed by atoms with Crippen molar-refractivity contribution in [1.29, 1.82) is 0 Å². The Labute approximate surface area is 312 Å². The Morgan fingerprint density at radius 2 is 0.889 bits per heavy atom. The number of rotatable bonds is 4. The molecule has 0 amide bonds. The van der Waals surface area contributed by atoms with Gasteiger partial charge in [0.15, 0.2) is 17.5 Å². The van der Waals surface area contributed by atoms with Crippen LogP contribution in [-0.2, 0) is 5.41 Å². The second-order valence-electron chi connectivity index (χ2n) is 14.9. The fourth-order valence-electron chi connectivity index (χ4n) is 8.41. The zero-order valence-electron chi connectivity index (χ0n) is 29.8. The van der Waals surface area contributed by atoms with Gasteiger partial charge in [0.25, 0.3) is 0 Å². The van der Waals surface area contributed by atoms with E-state index in [0.29, 0.717) is 17.5 Å². The van der Waals surface area contributed by atoms with Crippen LogP contribution < -0.4 is 0 Å². The van der Waals surface area contributed by atoms with Crippen LogP contribution >= 0.6 is 0 Å². The Kier molecular flexibility index (Phi) is 6.56. The summed E-state index contributed by atoms with van der Waals surface area (Å²) in [5.41, 5.74) is 11.8. The van der Waals surface area contributed by atoms with Crippen LogP contribution in [0.4, 0.5) is 0 Å². The fraction of sp³-hybridized carbons (Fsp3) is 0.0600. The quantitative estimate of drug-likeness (QED) is 0.184. The van der Waals surface area contributed by atoms with Crippen LogP contribution in [0.3, 0.4) is 0 Å². The molecule has 0 fully saturated rings. The molecule has 1 aliphatic rings. The predicted octanol–water partition coefficient (Wildman–Crippen LogP) is 13.1. The topological polar surface area (TPSA) is 51.8 Å². The van der Waals surface area contributed by atoms with Gasteiger partial charge in [0, 0.05) is 32.9 Å². The van der Waals surface area contributed by atoms with E-state index in [4.69, 9.17) is 19.4 Å². The Hall–Kier alpha value is -6.91. The van der Waals surface area contributed by atoms with E-state index in [-0.39, 0.29) is 5.41 Å². The molecule has 11 rings (SSSR count). The molecule has 1 aliphatic carbocycles. The van der Waals surface area contributed by atoms with E-state index < -0.39 is 0 Å². The summed E-state index contributed by atoms with van der Waals surface area (Å²) in [6.07, 6.45) is 0. The first-order valence-corrected chi connectivity index (χ1v) is 18.4. The van der Waals surface area contributed by atoms with Gasteiger partial charge in [-0.3, -0.25) is 0 Å². The SMILES string of the molecule is CC1(C)c2ccccc2-c2ccc(-c3nc(-c4ccc5ccc(-c6ccc7ccccc7c6)cc5c4)nc(-c4ccc5c(c4)oc4ccccc45)n3)cc21. The molecule has 0 saturated carbocycles. The first-order chi connectivity index (χ1) is 26.5. The molecule has 254 valence electrons. The Morgan fingerprint density at radius 3 is 1.69 bits per heavy atom. The van der Waals surface area contributed by atoms with Gasteiger partial charge in [0.1, 0.15) is 11.2 Å². The first kappa shape index (κ1) is 30.7. The lowest BCUT2D eigenvalue weighted by atomic mass is 9.82. The second kappa shape index (κ2) is 11.5. The minimum Gasteiger partial charge on any atom is -0.456 e. The summed E-state index contributed by atoms with van der Waals surface area (Å²) in [4.78, 5) is 15.5. The minimum atomic E-state index is -0.145. The Morgan fingerprint density at radius 1 is 0.370 bits per heavy atom. The normalized spacial score (nSPS) is 13.1. The molecule has 0 N–H and O–H groups in total. The third-order valence-electron chi connectivity index (χ3n) is 11.3. The van der Waals surface area contributed by atoms with E-state index >= 15 is 0 Å². The monoisotopic (exact) mass is 691 g/mol. The summed E-state index contributed by atoms with van der Waals surface area (Å²) in [6, 6.07) is 58.1. The van der Waals surface area contributed by atoms with Gasteiger partial charge in [-0.15, -0.1) is 0 Å². The van der Waals surface area contributed by atoms with E-state index in [1.807, 2.05) is 18.2 Å². The van der Waals surface area contributed by atoms with Gasteiger partial charge in [-0.1, -0.05) is 135 Å². The van der Waals surface area contributed by atoms with Gasteiger partial charge in [-0.25, -0.2) is 15.0 Å². The molecule has 0 saturated heterocycles. The lowest BCUT2D eigenvalue weighted by Gasteiger charge is -2.21. The number of fused-ring (bicyclic) bond motifs is 8. The predicted molar refractivity (Wildman–Crippen MR) is 221 cm³/mol. The smallest absolute Gasteiger partial charge is 0.164 e. The maximum absolute atomic E-state index is 6.30. The summed E-state index contributed by atoms with van der Waals surface area (Å²) in [5.74, 6) is 1.87. The molecule has 8 aromatic carbocycles. The highest BCUT2D eigenvalue weighted by Crippen LogP contribution is 2.49.